The van der Waals surface area contributed by atoms with Crippen LogP contribution in [0.2, 0.25) is 0 Å². The number of hydrogen-bond acceptors (Lipinski definition) is 2. The quantitative estimate of drug-likeness (QED) is 0.549. The van der Waals surface area contributed by atoms with Gasteiger partial charge < -0.3 is 10.6 Å². The first-order chi connectivity index (χ1) is 8.33. The van der Waals surface area contributed by atoms with Gasteiger partial charge in [-0.1, -0.05) is 25.7 Å². The normalized spacial score (nSPS) is 16.8. The van der Waals surface area contributed by atoms with E-state index in [0.29, 0.717) is 6.04 Å². The standard InChI is InChI=1S/C13H26N2S2/c1-17-11-7-3-6-10-14-13(16)15-12-8-4-2-5-9-12/h12H,2-11H2,1H3,(H2,14,15,16). The lowest BCUT2D eigenvalue weighted by Crippen LogP contribution is -2.42. The molecule has 0 aromatic rings. The Morgan fingerprint density at radius 1 is 1.18 bits per heavy atom. The van der Waals surface area contributed by atoms with Crippen LogP contribution < -0.4 is 10.6 Å². The van der Waals surface area contributed by atoms with Gasteiger partial charge in [0.15, 0.2) is 5.11 Å². The summed E-state index contributed by atoms with van der Waals surface area (Å²) in [5, 5.41) is 7.62. The van der Waals surface area contributed by atoms with Gasteiger partial charge in [0.1, 0.15) is 0 Å². The van der Waals surface area contributed by atoms with Crippen molar-refractivity contribution >= 4 is 29.1 Å². The van der Waals surface area contributed by atoms with Gasteiger partial charge in [0, 0.05) is 12.6 Å². The molecule has 100 valence electrons. The van der Waals surface area contributed by atoms with Crippen molar-refractivity contribution in [1.82, 2.24) is 10.6 Å². The third-order valence-corrected chi connectivity index (χ3v) is 4.21. The molecule has 0 aromatic heterocycles. The van der Waals surface area contributed by atoms with Crippen molar-refractivity contribution in [3.05, 3.63) is 0 Å². The van der Waals surface area contributed by atoms with Gasteiger partial charge in [-0.3, -0.25) is 0 Å². The minimum atomic E-state index is 0.625. The van der Waals surface area contributed by atoms with Gasteiger partial charge in [-0.05, 0) is 49.9 Å². The summed E-state index contributed by atoms with van der Waals surface area (Å²) in [4.78, 5) is 0. The lowest BCUT2D eigenvalue weighted by atomic mass is 9.96. The van der Waals surface area contributed by atoms with Crippen LogP contribution in [0.25, 0.3) is 0 Å². The number of thioether (sulfide) groups is 1. The van der Waals surface area contributed by atoms with E-state index in [4.69, 9.17) is 12.2 Å². The van der Waals surface area contributed by atoms with Crippen LogP contribution in [0, 0.1) is 0 Å². The number of nitrogens with one attached hydrogen (secondary N) is 2. The van der Waals surface area contributed by atoms with Crippen molar-refractivity contribution in [2.24, 2.45) is 0 Å². The smallest absolute Gasteiger partial charge is 0.166 e. The Balaban J connectivity index is 1.93. The fraction of sp³-hybridized carbons (Fsp3) is 0.923. The first kappa shape index (κ1) is 15.1. The molecule has 0 aromatic carbocycles. The summed E-state index contributed by atoms with van der Waals surface area (Å²) >= 11 is 7.24. The molecule has 0 bridgehead atoms. The molecule has 2 nitrogen and oxygen atoms in total. The molecule has 1 rings (SSSR count). The SMILES string of the molecule is CSCCCCCNC(=S)NC1CCCCC1. The number of thiocarbonyl (C=S) groups is 1. The predicted molar refractivity (Wildman–Crippen MR) is 82.8 cm³/mol. The summed E-state index contributed by atoms with van der Waals surface area (Å²) in [6.07, 6.45) is 12.7. The molecule has 0 radical (unpaired) electrons. The van der Waals surface area contributed by atoms with Crippen molar-refractivity contribution in [3.63, 3.8) is 0 Å². The first-order valence-corrected chi connectivity index (χ1v) is 8.66. The highest BCUT2D eigenvalue weighted by Gasteiger charge is 2.13. The van der Waals surface area contributed by atoms with Crippen LogP contribution in [0.3, 0.4) is 0 Å². The van der Waals surface area contributed by atoms with Gasteiger partial charge in [0.25, 0.3) is 0 Å². The third-order valence-electron chi connectivity index (χ3n) is 3.25. The molecule has 0 saturated heterocycles. The van der Waals surface area contributed by atoms with Gasteiger partial charge in [-0.15, -0.1) is 0 Å². The molecule has 17 heavy (non-hydrogen) atoms. The number of hydrogen-bond donors (Lipinski definition) is 2. The van der Waals surface area contributed by atoms with Crippen LogP contribution in [-0.2, 0) is 0 Å². The zero-order chi connectivity index (χ0) is 12.3. The van der Waals surface area contributed by atoms with Crippen molar-refractivity contribution < 1.29 is 0 Å². The molecule has 0 atom stereocenters. The first-order valence-electron chi connectivity index (χ1n) is 6.86. The van der Waals surface area contributed by atoms with Crippen molar-refractivity contribution in [3.8, 4) is 0 Å². The monoisotopic (exact) mass is 274 g/mol. The van der Waals surface area contributed by atoms with Crippen LogP contribution in [0.5, 0.6) is 0 Å². The maximum Gasteiger partial charge on any atom is 0.166 e. The molecule has 1 aliphatic rings. The average molecular weight is 274 g/mol. The summed E-state index contributed by atoms with van der Waals surface area (Å²) in [6, 6.07) is 0.625. The van der Waals surface area contributed by atoms with Crippen molar-refractivity contribution in [1.29, 1.82) is 0 Å². The minimum absolute atomic E-state index is 0.625. The maximum absolute atomic E-state index is 5.31. The van der Waals surface area contributed by atoms with Gasteiger partial charge >= 0.3 is 0 Å². The van der Waals surface area contributed by atoms with Crippen LogP contribution >= 0.6 is 24.0 Å². The Morgan fingerprint density at radius 3 is 2.65 bits per heavy atom. The Labute approximate surface area is 116 Å². The van der Waals surface area contributed by atoms with E-state index >= 15 is 0 Å². The molecule has 4 heteroatoms. The highest BCUT2D eigenvalue weighted by molar-refractivity contribution is 7.98. The lowest BCUT2D eigenvalue weighted by molar-refractivity contribution is 0.412. The Hall–Kier alpha value is 0.0400. The van der Waals surface area contributed by atoms with Gasteiger partial charge in [0.05, 0.1) is 0 Å². The van der Waals surface area contributed by atoms with E-state index in [1.54, 1.807) is 0 Å². The summed E-state index contributed by atoms with van der Waals surface area (Å²) in [5.74, 6) is 1.28. The molecule has 0 spiro atoms. The average Bonchev–Trinajstić information content (AvgIpc) is 2.35. The van der Waals surface area contributed by atoms with E-state index in [2.05, 4.69) is 16.9 Å². The number of unbranched alkanes of at least 4 members (excludes halogenated alkanes) is 2. The van der Waals surface area contributed by atoms with E-state index in [0.717, 1.165) is 11.7 Å². The fourth-order valence-corrected chi connectivity index (χ4v) is 2.99. The highest BCUT2D eigenvalue weighted by Crippen LogP contribution is 2.17. The topological polar surface area (TPSA) is 24.1 Å². The van der Waals surface area contributed by atoms with E-state index in [-0.39, 0.29) is 0 Å². The van der Waals surface area contributed by atoms with Crippen LogP contribution in [0.1, 0.15) is 51.4 Å². The van der Waals surface area contributed by atoms with E-state index in [1.165, 1.54) is 57.1 Å². The van der Waals surface area contributed by atoms with Crippen LogP contribution in [0.15, 0.2) is 0 Å². The molecular weight excluding hydrogens is 248 g/mol. The van der Waals surface area contributed by atoms with Crippen LogP contribution in [0.4, 0.5) is 0 Å². The summed E-state index contributed by atoms with van der Waals surface area (Å²) < 4.78 is 0. The summed E-state index contributed by atoms with van der Waals surface area (Å²) in [6.45, 7) is 1.02. The van der Waals surface area contributed by atoms with E-state index in [9.17, 15) is 0 Å². The van der Waals surface area contributed by atoms with E-state index < -0.39 is 0 Å². The predicted octanol–water partition coefficient (Wildman–Crippen LogP) is 3.32. The zero-order valence-corrected chi connectivity index (χ0v) is 12.6. The minimum Gasteiger partial charge on any atom is -0.363 e. The molecule has 0 aliphatic heterocycles. The second-order valence-corrected chi connectivity index (χ2v) is 6.18. The largest absolute Gasteiger partial charge is 0.363 e. The van der Waals surface area contributed by atoms with Gasteiger partial charge in [-0.2, -0.15) is 11.8 Å². The van der Waals surface area contributed by atoms with Crippen molar-refractivity contribution in [2.45, 2.75) is 57.4 Å². The second kappa shape index (κ2) is 10.0. The number of rotatable bonds is 7. The molecule has 1 aliphatic carbocycles. The molecule has 1 saturated carbocycles. The highest BCUT2D eigenvalue weighted by atomic mass is 32.2. The lowest BCUT2D eigenvalue weighted by Gasteiger charge is -2.24. The maximum atomic E-state index is 5.31. The van der Waals surface area contributed by atoms with Gasteiger partial charge in [-0.25, -0.2) is 0 Å². The Kier molecular flexibility index (Phi) is 8.89. The van der Waals surface area contributed by atoms with E-state index in [1.807, 2.05) is 11.8 Å². The fourth-order valence-electron chi connectivity index (χ4n) is 2.23. The molecule has 1 fully saturated rings. The van der Waals surface area contributed by atoms with Crippen LogP contribution in [-0.4, -0.2) is 29.7 Å². The third kappa shape index (κ3) is 7.87. The summed E-state index contributed by atoms with van der Waals surface area (Å²) in [7, 11) is 0. The molecule has 0 unspecified atom stereocenters. The second-order valence-electron chi connectivity index (χ2n) is 4.79. The van der Waals surface area contributed by atoms with Gasteiger partial charge in [0.2, 0.25) is 0 Å². The summed E-state index contributed by atoms with van der Waals surface area (Å²) in [5.41, 5.74) is 0. The molecule has 2 N–H and O–H groups in total. The zero-order valence-electron chi connectivity index (χ0n) is 11.0. The Morgan fingerprint density at radius 2 is 1.94 bits per heavy atom. The Bertz CT molecular complexity index is 204. The molecule has 0 amide bonds. The molecule has 0 heterocycles. The molecular formula is C13H26N2S2. The van der Waals surface area contributed by atoms with Crippen molar-refractivity contribution in [2.75, 3.05) is 18.6 Å².